The zero-order valence-electron chi connectivity index (χ0n) is 21.6. The van der Waals surface area contributed by atoms with Gasteiger partial charge in [0, 0.05) is 18.7 Å². The van der Waals surface area contributed by atoms with E-state index in [9.17, 15) is 9.59 Å². The smallest absolute Gasteiger partial charge is 0.252 e. The summed E-state index contributed by atoms with van der Waals surface area (Å²) in [5.41, 5.74) is 1.32. The van der Waals surface area contributed by atoms with Crippen LogP contribution in [0.1, 0.15) is 49.5 Å². The van der Waals surface area contributed by atoms with Crippen LogP contribution in [0.3, 0.4) is 0 Å². The van der Waals surface area contributed by atoms with Crippen molar-refractivity contribution in [1.82, 2.24) is 15.5 Å². The minimum atomic E-state index is -0.629. The molecule has 2 amide bonds. The molecule has 0 aliphatic heterocycles. The van der Waals surface area contributed by atoms with Crippen molar-refractivity contribution in [3.8, 4) is 17.2 Å². The average molecular weight is 486 g/mol. The van der Waals surface area contributed by atoms with E-state index in [0.29, 0.717) is 42.4 Å². The lowest BCUT2D eigenvalue weighted by molar-refractivity contribution is -0.123. The third kappa shape index (κ3) is 8.47. The fourth-order valence-corrected chi connectivity index (χ4v) is 3.68. The van der Waals surface area contributed by atoms with E-state index in [-0.39, 0.29) is 11.8 Å². The summed E-state index contributed by atoms with van der Waals surface area (Å²) in [5.74, 6) is 0.597. The Balaban J connectivity index is 2.12. The van der Waals surface area contributed by atoms with E-state index in [4.69, 9.17) is 14.2 Å². The van der Waals surface area contributed by atoms with Crippen molar-refractivity contribution in [2.24, 2.45) is 0 Å². The predicted molar refractivity (Wildman–Crippen MR) is 137 cm³/mol. The average Bonchev–Trinajstić information content (AvgIpc) is 2.89. The molecule has 0 saturated heterocycles. The number of hydrogen-bond donors (Lipinski definition) is 2. The second-order valence-electron chi connectivity index (χ2n) is 8.12. The maximum absolute atomic E-state index is 13.1. The fraction of sp³-hybridized carbons (Fsp3) is 0.481. The van der Waals surface area contributed by atoms with E-state index >= 15 is 0 Å². The molecule has 35 heavy (non-hydrogen) atoms. The largest absolute Gasteiger partial charge is 0.493 e. The molecule has 0 radical (unpaired) electrons. The van der Waals surface area contributed by atoms with Crippen LogP contribution in [0.2, 0.25) is 0 Å². The highest BCUT2D eigenvalue weighted by molar-refractivity contribution is 5.98. The Hall–Kier alpha value is -3.26. The van der Waals surface area contributed by atoms with Crippen molar-refractivity contribution in [3.63, 3.8) is 0 Å². The molecule has 2 N–H and O–H groups in total. The highest BCUT2D eigenvalue weighted by Gasteiger charge is 2.23. The van der Waals surface area contributed by atoms with Gasteiger partial charge in [0.15, 0.2) is 11.5 Å². The second-order valence-corrected chi connectivity index (χ2v) is 8.12. The summed E-state index contributed by atoms with van der Waals surface area (Å²) in [7, 11) is 3.02. The lowest BCUT2D eigenvalue weighted by atomic mass is 10.1. The van der Waals surface area contributed by atoms with Crippen molar-refractivity contribution in [3.05, 3.63) is 53.6 Å². The van der Waals surface area contributed by atoms with E-state index in [0.717, 1.165) is 31.6 Å². The number of carbonyl (C=O) groups excluding carboxylic acids is 2. The summed E-state index contributed by atoms with van der Waals surface area (Å²) in [6.07, 6.45) is 1.29. The lowest BCUT2D eigenvalue weighted by Gasteiger charge is -2.21. The van der Waals surface area contributed by atoms with Crippen LogP contribution in [-0.4, -0.2) is 63.2 Å². The summed E-state index contributed by atoms with van der Waals surface area (Å²) in [6, 6.07) is 12.3. The monoisotopic (exact) mass is 485 g/mol. The molecule has 2 aromatic carbocycles. The molecule has 8 nitrogen and oxygen atoms in total. The number of methoxy groups -OCH3 is 2. The third-order valence-electron chi connectivity index (χ3n) is 5.77. The lowest BCUT2D eigenvalue weighted by Crippen LogP contribution is -2.48. The minimum Gasteiger partial charge on any atom is -0.493 e. The normalized spacial score (nSPS) is 11.6. The highest BCUT2D eigenvalue weighted by atomic mass is 16.5. The van der Waals surface area contributed by atoms with Crippen LogP contribution in [0.5, 0.6) is 17.2 Å². The van der Waals surface area contributed by atoms with E-state index in [1.165, 1.54) is 14.2 Å². The Morgan fingerprint density at radius 1 is 0.971 bits per heavy atom. The molecule has 0 aliphatic carbocycles. The number of likely N-dealkylation sites (N-methyl/N-ethyl adjacent to an activating group) is 1. The quantitative estimate of drug-likeness (QED) is 0.400. The summed E-state index contributed by atoms with van der Waals surface area (Å²) in [4.78, 5) is 28.1. The van der Waals surface area contributed by atoms with Gasteiger partial charge in [-0.15, -0.1) is 0 Å². The van der Waals surface area contributed by atoms with Crippen molar-refractivity contribution < 1.29 is 23.8 Å². The third-order valence-corrected chi connectivity index (χ3v) is 5.77. The molecular weight excluding hydrogens is 446 g/mol. The van der Waals surface area contributed by atoms with Gasteiger partial charge in [0.2, 0.25) is 11.7 Å². The first-order valence-electron chi connectivity index (χ1n) is 12.2. The minimum absolute atomic E-state index is 0.186. The molecule has 2 rings (SSSR count). The molecule has 1 atom stereocenters. The zero-order valence-corrected chi connectivity index (χ0v) is 21.6. The number of ether oxygens (including phenoxy) is 3. The van der Waals surface area contributed by atoms with Gasteiger partial charge in [0.25, 0.3) is 5.91 Å². The summed E-state index contributed by atoms with van der Waals surface area (Å²) >= 11 is 0. The Morgan fingerprint density at radius 3 is 2.14 bits per heavy atom. The molecule has 2 aromatic rings. The van der Waals surface area contributed by atoms with Crippen molar-refractivity contribution in [2.75, 3.05) is 40.4 Å². The van der Waals surface area contributed by atoms with Crippen LogP contribution >= 0.6 is 0 Å². The van der Waals surface area contributed by atoms with Gasteiger partial charge in [0.1, 0.15) is 12.6 Å². The maximum Gasteiger partial charge on any atom is 0.252 e. The molecule has 0 saturated carbocycles. The SMILES string of the molecule is CCC[C@H](NC(=O)c1cc(OC)c(OCc2ccccc2)c(OC)c1)C(=O)NCCN(CC)CC. The van der Waals surface area contributed by atoms with Crippen LogP contribution in [0.4, 0.5) is 0 Å². The first-order valence-corrected chi connectivity index (χ1v) is 12.2. The topological polar surface area (TPSA) is 89.1 Å². The summed E-state index contributed by atoms with van der Waals surface area (Å²) in [6.45, 7) is 9.64. The van der Waals surface area contributed by atoms with Crippen LogP contribution in [0, 0.1) is 0 Å². The van der Waals surface area contributed by atoms with Gasteiger partial charge >= 0.3 is 0 Å². The van der Waals surface area contributed by atoms with Crippen LogP contribution in [0.15, 0.2) is 42.5 Å². The molecule has 192 valence electrons. The van der Waals surface area contributed by atoms with Crippen molar-refractivity contribution in [1.29, 1.82) is 0 Å². The Kier molecular flexibility index (Phi) is 11.9. The number of benzene rings is 2. The number of rotatable bonds is 15. The first kappa shape index (κ1) is 28.0. The Morgan fingerprint density at radius 2 is 1.60 bits per heavy atom. The molecule has 0 bridgehead atoms. The van der Waals surface area contributed by atoms with Gasteiger partial charge in [-0.1, -0.05) is 57.5 Å². The molecule has 0 fully saturated rings. The molecule has 0 spiro atoms. The van der Waals surface area contributed by atoms with E-state index in [1.807, 2.05) is 37.3 Å². The van der Waals surface area contributed by atoms with E-state index in [2.05, 4.69) is 29.4 Å². The fourth-order valence-electron chi connectivity index (χ4n) is 3.68. The van der Waals surface area contributed by atoms with E-state index < -0.39 is 6.04 Å². The van der Waals surface area contributed by atoms with E-state index in [1.54, 1.807) is 12.1 Å². The molecule has 8 heteroatoms. The van der Waals surface area contributed by atoms with Gasteiger partial charge in [-0.3, -0.25) is 9.59 Å². The Labute approximate surface area is 208 Å². The van der Waals surface area contributed by atoms with Gasteiger partial charge in [-0.25, -0.2) is 0 Å². The zero-order chi connectivity index (χ0) is 25.6. The molecular formula is C27H39N3O5. The maximum atomic E-state index is 13.1. The van der Waals surface area contributed by atoms with Gasteiger partial charge in [0.05, 0.1) is 14.2 Å². The number of nitrogens with zero attached hydrogens (tertiary/aromatic N) is 1. The number of nitrogens with one attached hydrogen (secondary N) is 2. The van der Waals surface area contributed by atoms with Gasteiger partial charge in [-0.05, 0) is 37.2 Å². The molecule has 0 unspecified atom stereocenters. The summed E-state index contributed by atoms with van der Waals surface area (Å²) in [5, 5.41) is 5.81. The standard InChI is InChI=1S/C27H39N3O5/c1-6-12-22(27(32)28-15-16-30(7-2)8-3)29-26(31)21-17-23(33-4)25(24(18-21)34-5)35-19-20-13-10-9-11-14-20/h9-11,13-14,17-18,22H,6-8,12,15-16,19H2,1-5H3,(H,28,32)(H,29,31)/t22-/m0/s1. The predicted octanol–water partition coefficient (Wildman–Crippen LogP) is 3.64. The molecule has 0 heterocycles. The van der Waals surface area contributed by atoms with Crippen LogP contribution in [0.25, 0.3) is 0 Å². The summed E-state index contributed by atoms with van der Waals surface area (Å²) < 4.78 is 17.0. The second kappa shape index (κ2) is 14.9. The Bertz CT molecular complexity index is 907. The van der Waals surface area contributed by atoms with Crippen molar-refractivity contribution >= 4 is 11.8 Å². The van der Waals surface area contributed by atoms with Gasteiger partial charge in [-0.2, -0.15) is 0 Å². The van der Waals surface area contributed by atoms with Crippen LogP contribution in [-0.2, 0) is 11.4 Å². The highest BCUT2D eigenvalue weighted by Crippen LogP contribution is 2.39. The number of amides is 2. The molecule has 0 aliphatic rings. The molecule has 0 aromatic heterocycles. The van der Waals surface area contributed by atoms with Crippen molar-refractivity contribution in [2.45, 2.75) is 46.3 Å². The number of carbonyl (C=O) groups is 2. The first-order chi connectivity index (χ1) is 17.0. The van der Waals surface area contributed by atoms with Gasteiger partial charge < -0.3 is 29.7 Å². The van der Waals surface area contributed by atoms with Crippen LogP contribution < -0.4 is 24.8 Å². The number of hydrogen-bond acceptors (Lipinski definition) is 6.